The van der Waals surface area contributed by atoms with Crippen molar-refractivity contribution in [1.82, 2.24) is 9.21 Å². The Morgan fingerprint density at radius 2 is 1.71 bits per heavy atom. The number of piperazine rings is 1. The van der Waals surface area contributed by atoms with E-state index in [2.05, 4.69) is 13.8 Å². The van der Waals surface area contributed by atoms with Crippen molar-refractivity contribution in [3.63, 3.8) is 0 Å². The molecule has 0 N–H and O–H groups in total. The summed E-state index contributed by atoms with van der Waals surface area (Å²) >= 11 is 0. The zero-order valence-electron chi connectivity index (χ0n) is 12.5. The zero-order valence-corrected chi connectivity index (χ0v) is 13.3. The minimum Gasteiger partial charge on any atom is -0.343 e. The standard InChI is InChI=1S/C15H22N2O3S/c1-3-13(2)14-4-6-15(7-5-14)21(19,20)17-10-8-16(12-18)9-11-17/h4-7,12-13H,3,8-11H2,1-2H3. The second kappa shape index (κ2) is 6.58. The van der Waals surface area contributed by atoms with Crippen LogP contribution in [-0.2, 0) is 14.8 Å². The summed E-state index contributed by atoms with van der Waals surface area (Å²) in [6.45, 7) is 5.85. The molecule has 0 aromatic heterocycles. The minimum absolute atomic E-state index is 0.328. The van der Waals surface area contributed by atoms with Crippen molar-refractivity contribution < 1.29 is 13.2 Å². The SMILES string of the molecule is CCC(C)c1ccc(S(=O)(=O)N2CCN(C=O)CC2)cc1. The highest BCUT2D eigenvalue weighted by Crippen LogP contribution is 2.22. The smallest absolute Gasteiger partial charge is 0.243 e. The largest absolute Gasteiger partial charge is 0.343 e. The van der Waals surface area contributed by atoms with Gasteiger partial charge in [-0.15, -0.1) is 0 Å². The van der Waals surface area contributed by atoms with Crippen LogP contribution in [-0.4, -0.2) is 50.2 Å². The van der Waals surface area contributed by atoms with E-state index >= 15 is 0 Å². The van der Waals surface area contributed by atoms with Crippen molar-refractivity contribution in [2.45, 2.75) is 31.1 Å². The number of sulfonamides is 1. The first-order chi connectivity index (χ1) is 9.98. The summed E-state index contributed by atoms with van der Waals surface area (Å²) in [5.74, 6) is 0.429. The van der Waals surface area contributed by atoms with Crippen LogP contribution in [0.2, 0.25) is 0 Å². The van der Waals surface area contributed by atoms with Crippen LogP contribution in [0, 0.1) is 0 Å². The lowest BCUT2D eigenvalue weighted by Gasteiger charge is -2.31. The van der Waals surface area contributed by atoms with Gasteiger partial charge in [0.1, 0.15) is 0 Å². The van der Waals surface area contributed by atoms with Crippen LogP contribution in [0.3, 0.4) is 0 Å². The molecule has 1 unspecified atom stereocenters. The molecule has 2 rings (SSSR count). The molecule has 5 nitrogen and oxygen atoms in total. The highest BCUT2D eigenvalue weighted by atomic mass is 32.2. The average molecular weight is 310 g/mol. The van der Waals surface area contributed by atoms with E-state index < -0.39 is 10.0 Å². The quantitative estimate of drug-likeness (QED) is 0.777. The van der Waals surface area contributed by atoms with E-state index in [1.165, 1.54) is 4.31 Å². The molecule has 21 heavy (non-hydrogen) atoms. The van der Waals surface area contributed by atoms with Gasteiger partial charge in [-0.3, -0.25) is 4.79 Å². The highest BCUT2D eigenvalue weighted by Gasteiger charge is 2.27. The molecule has 0 spiro atoms. The summed E-state index contributed by atoms with van der Waals surface area (Å²) in [6, 6.07) is 7.15. The van der Waals surface area contributed by atoms with E-state index in [-0.39, 0.29) is 0 Å². The Morgan fingerprint density at radius 1 is 1.14 bits per heavy atom. The van der Waals surface area contributed by atoms with Crippen LogP contribution < -0.4 is 0 Å². The fraction of sp³-hybridized carbons (Fsp3) is 0.533. The molecule has 0 saturated carbocycles. The van der Waals surface area contributed by atoms with E-state index in [9.17, 15) is 13.2 Å². The lowest BCUT2D eigenvalue weighted by molar-refractivity contribution is -0.119. The molecule has 0 bridgehead atoms. The number of nitrogens with zero attached hydrogens (tertiary/aromatic N) is 2. The Hall–Kier alpha value is -1.40. The van der Waals surface area contributed by atoms with Gasteiger partial charge in [0.05, 0.1) is 4.90 Å². The second-order valence-electron chi connectivity index (χ2n) is 5.42. The maximum absolute atomic E-state index is 12.6. The summed E-state index contributed by atoms with van der Waals surface area (Å²) in [4.78, 5) is 12.6. The molecule has 1 aromatic carbocycles. The second-order valence-corrected chi connectivity index (χ2v) is 7.36. The van der Waals surface area contributed by atoms with Crippen LogP contribution in [0.15, 0.2) is 29.2 Å². The van der Waals surface area contributed by atoms with Gasteiger partial charge in [-0.2, -0.15) is 4.31 Å². The Kier molecular flexibility index (Phi) is 5.00. The summed E-state index contributed by atoms with van der Waals surface area (Å²) in [6.07, 6.45) is 1.80. The Balaban J connectivity index is 2.14. The van der Waals surface area contributed by atoms with E-state index in [1.807, 2.05) is 12.1 Å². The number of amides is 1. The van der Waals surface area contributed by atoms with Gasteiger partial charge >= 0.3 is 0 Å². The third-order valence-electron chi connectivity index (χ3n) is 4.12. The molecule has 1 aromatic rings. The van der Waals surface area contributed by atoms with Crippen molar-refractivity contribution in [2.24, 2.45) is 0 Å². The predicted molar refractivity (Wildman–Crippen MR) is 81.5 cm³/mol. The molecule has 1 saturated heterocycles. The predicted octanol–water partition coefficient (Wildman–Crippen LogP) is 1.66. The monoisotopic (exact) mass is 310 g/mol. The number of benzene rings is 1. The summed E-state index contributed by atoms with van der Waals surface area (Å²) in [5, 5.41) is 0. The molecule has 116 valence electrons. The van der Waals surface area contributed by atoms with Crippen molar-refractivity contribution in [1.29, 1.82) is 0 Å². The molecular formula is C15H22N2O3S. The number of hydrogen-bond donors (Lipinski definition) is 0. The molecular weight excluding hydrogens is 288 g/mol. The summed E-state index contributed by atoms with van der Waals surface area (Å²) in [5.41, 5.74) is 1.15. The zero-order chi connectivity index (χ0) is 15.5. The van der Waals surface area contributed by atoms with Gasteiger partial charge in [-0.1, -0.05) is 26.0 Å². The van der Waals surface area contributed by atoms with E-state index in [4.69, 9.17) is 0 Å². The van der Waals surface area contributed by atoms with Crippen molar-refractivity contribution in [3.05, 3.63) is 29.8 Å². The third-order valence-corrected chi connectivity index (χ3v) is 6.03. The molecule has 1 fully saturated rings. The molecule has 1 aliphatic heterocycles. The first-order valence-corrected chi connectivity index (χ1v) is 8.72. The van der Waals surface area contributed by atoms with Crippen molar-refractivity contribution in [2.75, 3.05) is 26.2 Å². The molecule has 0 aliphatic carbocycles. The normalized spacial score (nSPS) is 18.5. The van der Waals surface area contributed by atoms with Gasteiger partial charge in [-0.25, -0.2) is 8.42 Å². The van der Waals surface area contributed by atoms with Crippen molar-refractivity contribution >= 4 is 16.4 Å². The molecule has 1 amide bonds. The minimum atomic E-state index is -3.45. The molecule has 0 radical (unpaired) electrons. The Morgan fingerprint density at radius 3 is 2.19 bits per heavy atom. The van der Waals surface area contributed by atoms with Gasteiger partial charge in [0.15, 0.2) is 0 Å². The van der Waals surface area contributed by atoms with Gasteiger partial charge in [-0.05, 0) is 30.0 Å². The first kappa shape index (κ1) is 16.0. The van der Waals surface area contributed by atoms with Crippen molar-refractivity contribution in [3.8, 4) is 0 Å². The highest BCUT2D eigenvalue weighted by molar-refractivity contribution is 7.89. The fourth-order valence-electron chi connectivity index (χ4n) is 2.40. The van der Waals surface area contributed by atoms with Gasteiger partial charge in [0, 0.05) is 26.2 Å². The Bertz CT molecular complexity index is 575. The van der Waals surface area contributed by atoms with Crippen LogP contribution in [0.1, 0.15) is 31.7 Å². The number of hydrogen-bond acceptors (Lipinski definition) is 3. The van der Waals surface area contributed by atoms with Crippen LogP contribution >= 0.6 is 0 Å². The third kappa shape index (κ3) is 3.44. The van der Waals surface area contributed by atoms with Crippen LogP contribution in [0.4, 0.5) is 0 Å². The van der Waals surface area contributed by atoms with Crippen LogP contribution in [0.5, 0.6) is 0 Å². The maximum atomic E-state index is 12.6. The topological polar surface area (TPSA) is 57.7 Å². The molecule has 1 aliphatic rings. The van der Waals surface area contributed by atoms with Gasteiger partial charge < -0.3 is 4.90 Å². The first-order valence-electron chi connectivity index (χ1n) is 7.28. The maximum Gasteiger partial charge on any atom is 0.243 e. The number of carbonyl (C=O) groups excluding carboxylic acids is 1. The summed E-state index contributed by atoms with van der Waals surface area (Å²) in [7, 11) is -3.45. The molecule has 6 heteroatoms. The number of carbonyl (C=O) groups is 1. The number of rotatable bonds is 5. The fourth-order valence-corrected chi connectivity index (χ4v) is 3.82. The van der Waals surface area contributed by atoms with E-state index in [0.717, 1.165) is 18.4 Å². The lowest BCUT2D eigenvalue weighted by Crippen LogP contribution is -2.47. The van der Waals surface area contributed by atoms with Gasteiger partial charge in [0.2, 0.25) is 16.4 Å². The Labute approximate surface area is 126 Å². The summed E-state index contributed by atoms with van der Waals surface area (Å²) < 4.78 is 26.6. The van der Waals surface area contributed by atoms with E-state index in [0.29, 0.717) is 37.0 Å². The molecule has 1 heterocycles. The lowest BCUT2D eigenvalue weighted by atomic mass is 9.99. The molecule has 1 atom stereocenters. The van der Waals surface area contributed by atoms with Crippen LogP contribution in [0.25, 0.3) is 0 Å². The average Bonchev–Trinajstić information content (AvgIpc) is 2.54. The van der Waals surface area contributed by atoms with E-state index in [1.54, 1.807) is 17.0 Å². The van der Waals surface area contributed by atoms with Gasteiger partial charge in [0.25, 0.3) is 0 Å².